The van der Waals surface area contributed by atoms with E-state index in [0.29, 0.717) is 17.5 Å². The molecule has 1 N–H and O–H groups in total. The highest BCUT2D eigenvalue weighted by atomic mass is 16.2. The van der Waals surface area contributed by atoms with Crippen LogP contribution < -0.4 is 5.32 Å². The van der Waals surface area contributed by atoms with Crippen molar-refractivity contribution in [3.63, 3.8) is 0 Å². The number of likely N-dealkylation sites (tertiary alicyclic amines) is 1. The van der Waals surface area contributed by atoms with Crippen molar-refractivity contribution in [2.45, 2.75) is 76.8 Å². The molecule has 1 aliphatic carbocycles. The van der Waals surface area contributed by atoms with E-state index in [1.54, 1.807) is 12.4 Å². The second-order valence-electron chi connectivity index (χ2n) is 8.81. The van der Waals surface area contributed by atoms with Gasteiger partial charge in [-0.05, 0) is 44.7 Å². The fourth-order valence-electron chi connectivity index (χ4n) is 4.87. The highest BCUT2D eigenvalue weighted by molar-refractivity contribution is 5.94. The van der Waals surface area contributed by atoms with Crippen molar-refractivity contribution in [2.24, 2.45) is 0 Å². The normalized spacial score (nSPS) is 18.8. The monoisotopic (exact) mass is 423 g/mol. The number of nitrogens with zero attached hydrogens (tertiary/aromatic N) is 4. The molecule has 2 aromatic heterocycles. The zero-order chi connectivity index (χ0) is 21.8. The van der Waals surface area contributed by atoms with Crippen LogP contribution in [0.4, 0.5) is 0 Å². The fraction of sp³-hybridized carbons (Fsp3) is 0.583. The van der Waals surface area contributed by atoms with Crippen LogP contribution >= 0.6 is 0 Å². The van der Waals surface area contributed by atoms with Crippen LogP contribution in [0, 0.1) is 0 Å². The molecule has 1 saturated heterocycles. The Hall–Kier alpha value is -2.70. The van der Waals surface area contributed by atoms with Crippen molar-refractivity contribution < 1.29 is 9.59 Å². The van der Waals surface area contributed by atoms with Crippen LogP contribution in [0.2, 0.25) is 0 Å². The van der Waals surface area contributed by atoms with Gasteiger partial charge in [-0.15, -0.1) is 0 Å². The molecule has 0 unspecified atom stereocenters. The van der Waals surface area contributed by atoms with Gasteiger partial charge in [0.25, 0.3) is 5.91 Å². The van der Waals surface area contributed by atoms with Gasteiger partial charge in [-0.3, -0.25) is 14.6 Å². The highest BCUT2D eigenvalue weighted by Gasteiger charge is 2.28. The lowest BCUT2D eigenvalue weighted by molar-refractivity contribution is -0.135. The lowest BCUT2D eigenvalue weighted by Gasteiger charge is -2.33. The van der Waals surface area contributed by atoms with Crippen LogP contribution in [0.1, 0.15) is 86.2 Å². The molecule has 1 saturated carbocycles. The molecule has 7 heteroatoms. The minimum Gasteiger partial charge on any atom is -0.349 e. The van der Waals surface area contributed by atoms with Crippen LogP contribution in [0.15, 0.2) is 30.7 Å². The number of rotatable bonds is 6. The fourth-order valence-corrected chi connectivity index (χ4v) is 4.87. The highest BCUT2D eigenvalue weighted by Crippen LogP contribution is 2.28. The summed E-state index contributed by atoms with van der Waals surface area (Å²) >= 11 is 0. The Balaban J connectivity index is 1.31. The van der Waals surface area contributed by atoms with E-state index in [4.69, 9.17) is 0 Å². The van der Waals surface area contributed by atoms with Crippen LogP contribution in [-0.2, 0) is 11.2 Å². The topological polar surface area (TPSA) is 80.1 Å². The van der Waals surface area contributed by atoms with Gasteiger partial charge in [0, 0.05) is 55.8 Å². The number of aryl methyl sites for hydroxylation is 1. The number of amides is 2. The van der Waals surface area contributed by atoms with Crippen molar-refractivity contribution in [3.05, 3.63) is 47.8 Å². The summed E-state index contributed by atoms with van der Waals surface area (Å²) in [7, 11) is 0. The van der Waals surface area contributed by atoms with Crippen molar-refractivity contribution in [1.82, 2.24) is 24.8 Å². The number of hydrogen-bond donors (Lipinski definition) is 1. The van der Waals surface area contributed by atoms with Crippen molar-refractivity contribution >= 4 is 11.8 Å². The number of carbonyl (C=O) groups excluding carboxylic acids is 2. The van der Waals surface area contributed by atoms with E-state index in [2.05, 4.69) is 22.2 Å². The number of hydrogen-bond acceptors (Lipinski definition) is 4. The van der Waals surface area contributed by atoms with Crippen molar-refractivity contribution in [3.8, 4) is 0 Å². The summed E-state index contributed by atoms with van der Waals surface area (Å²) in [4.78, 5) is 36.3. The molecule has 3 heterocycles. The zero-order valence-corrected chi connectivity index (χ0v) is 18.6. The lowest BCUT2D eigenvalue weighted by Crippen LogP contribution is -2.41. The number of pyridine rings is 1. The summed E-state index contributed by atoms with van der Waals surface area (Å²) in [6.45, 7) is 5.47. The number of aromatic nitrogens is 3. The van der Waals surface area contributed by atoms with E-state index in [1.165, 1.54) is 12.8 Å². The quantitative estimate of drug-likeness (QED) is 0.771. The smallest absolute Gasteiger partial charge is 0.253 e. The average molecular weight is 424 g/mol. The third-order valence-corrected chi connectivity index (χ3v) is 6.80. The van der Waals surface area contributed by atoms with E-state index < -0.39 is 0 Å². The Bertz CT molecular complexity index is 893. The first-order valence-corrected chi connectivity index (χ1v) is 11.6. The molecule has 0 radical (unpaired) electrons. The molecule has 4 rings (SSSR count). The summed E-state index contributed by atoms with van der Waals surface area (Å²) < 4.78 is 1.98. The van der Waals surface area contributed by atoms with Gasteiger partial charge in [-0.1, -0.05) is 19.8 Å². The Kier molecular flexibility index (Phi) is 6.68. The van der Waals surface area contributed by atoms with Crippen LogP contribution in [0.3, 0.4) is 0 Å². The summed E-state index contributed by atoms with van der Waals surface area (Å²) in [6.07, 6.45) is 12.5. The predicted octanol–water partition coefficient (Wildman–Crippen LogP) is 3.48. The second-order valence-corrected chi connectivity index (χ2v) is 8.81. The Morgan fingerprint density at radius 2 is 1.87 bits per heavy atom. The number of piperidine rings is 1. The van der Waals surface area contributed by atoms with Gasteiger partial charge < -0.3 is 14.8 Å². The third-order valence-electron chi connectivity index (χ3n) is 6.80. The molecule has 2 amide bonds. The maximum absolute atomic E-state index is 13.0. The molecule has 1 atom stereocenters. The number of carbonyl (C=O) groups is 2. The van der Waals surface area contributed by atoms with Gasteiger partial charge in [-0.2, -0.15) is 0 Å². The summed E-state index contributed by atoms with van der Waals surface area (Å²) in [5.74, 6) is 1.40. The first-order chi connectivity index (χ1) is 15.1. The van der Waals surface area contributed by atoms with E-state index >= 15 is 0 Å². The Labute approximate surface area is 184 Å². The lowest BCUT2D eigenvalue weighted by atomic mass is 9.92. The minimum absolute atomic E-state index is 0.0219. The van der Waals surface area contributed by atoms with Gasteiger partial charge in [0.05, 0.1) is 5.56 Å². The van der Waals surface area contributed by atoms with Gasteiger partial charge in [-0.25, -0.2) is 4.98 Å². The molecule has 166 valence electrons. The van der Waals surface area contributed by atoms with Gasteiger partial charge >= 0.3 is 0 Å². The van der Waals surface area contributed by atoms with Gasteiger partial charge in [0.1, 0.15) is 11.9 Å². The maximum Gasteiger partial charge on any atom is 0.253 e. The number of nitrogens with one attached hydrogen (secondary N) is 1. The zero-order valence-electron chi connectivity index (χ0n) is 18.6. The minimum atomic E-state index is -0.232. The molecule has 1 aliphatic heterocycles. The Morgan fingerprint density at radius 1 is 1.13 bits per heavy atom. The van der Waals surface area contributed by atoms with Crippen LogP contribution in [0.25, 0.3) is 0 Å². The maximum atomic E-state index is 13.0. The van der Waals surface area contributed by atoms with E-state index in [1.807, 2.05) is 34.7 Å². The standard InChI is InChI=1S/C24H33N5O2/c1-3-22-25-12-15-29(22)17(2)24(31)28-13-10-18(11-14-28)21-9-8-19(16-26-21)23(30)27-20-6-4-5-7-20/h8-9,12,15-18,20H,3-7,10-11,13-14H2,1-2H3,(H,27,30)/t17-/m0/s1. The first kappa shape index (κ1) is 21.5. The summed E-state index contributed by atoms with van der Waals surface area (Å²) in [5, 5.41) is 3.11. The van der Waals surface area contributed by atoms with Crippen LogP contribution in [-0.4, -0.2) is 50.4 Å². The van der Waals surface area contributed by atoms with Crippen molar-refractivity contribution in [2.75, 3.05) is 13.1 Å². The molecule has 7 nitrogen and oxygen atoms in total. The van der Waals surface area contributed by atoms with E-state index in [9.17, 15) is 9.59 Å². The predicted molar refractivity (Wildman–Crippen MR) is 119 cm³/mol. The molecular weight excluding hydrogens is 390 g/mol. The average Bonchev–Trinajstić information content (AvgIpc) is 3.50. The molecule has 0 bridgehead atoms. The van der Waals surface area contributed by atoms with E-state index in [0.717, 1.165) is 56.7 Å². The molecular formula is C24H33N5O2. The van der Waals surface area contributed by atoms with E-state index in [-0.39, 0.29) is 17.9 Å². The van der Waals surface area contributed by atoms with Crippen LogP contribution in [0.5, 0.6) is 0 Å². The van der Waals surface area contributed by atoms with Gasteiger partial charge in [0.2, 0.25) is 5.91 Å². The third kappa shape index (κ3) is 4.81. The van der Waals surface area contributed by atoms with Gasteiger partial charge in [0.15, 0.2) is 0 Å². The molecule has 2 aliphatic rings. The molecule has 2 fully saturated rings. The number of imidazole rings is 1. The second kappa shape index (κ2) is 9.62. The molecule has 0 aromatic carbocycles. The molecule has 31 heavy (non-hydrogen) atoms. The summed E-state index contributed by atoms with van der Waals surface area (Å²) in [6, 6.07) is 3.95. The largest absolute Gasteiger partial charge is 0.349 e. The van der Waals surface area contributed by atoms with Crippen molar-refractivity contribution in [1.29, 1.82) is 0 Å². The Morgan fingerprint density at radius 3 is 2.52 bits per heavy atom. The molecule has 2 aromatic rings. The summed E-state index contributed by atoms with van der Waals surface area (Å²) in [5.41, 5.74) is 1.64. The first-order valence-electron chi connectivity index (χ1n) is 11.6. The SMILES string of the molecule is CCc1nccn1[C@@H](C)C(=O)N1CCC(c2ccc(C(=O)NC3CCCC3)cn2)CC1. The molecule has 0 spiro atoms.